The second-order valence-corrected chi connectivity index (χ2v) is 7.38. The molecule has 1 aliphatic heterocycles. The van der Waals surface area contributed by atoms with Crippen LogP contribution in [0.3, 0.4) is 0 Å². The zero-order chi connectivity index (χ0) is 21.2. The Hall–Kier alpha value is -4.01. The van der Waals surface area contributed by atoms with Crippen molar-refractivity contribution in [2.75, 3.05) is 31.1 Å². The van der Waals surface area contributed by atoms with Gasteiger partial charge in [0.1, 0.15) is 0 Å². The summed E-state index contributed by atoms with van der Waals surface area (Å²) in [5.41, 5.74) is 1.72. The number of H-pyrrole nitrogens is 1. The molecule has 1 aliphatic rings. The van der Waals surface area contributed by atoms with Gasteiger partial charge in [-0.1, -0.05) is 24.3 Å². The molecule has 3 heterocycles. The summed E-state index contributed by atoms with van der Waals surface area (Å²) in [5, 5.41) is 8.90. The number of para-hydroxylation sites is 2. The Kier molecular flexibility index (Phi) is 4.91. The highest BCUT2D eigenvalue weighted by molar-refractivity contribution is 5.97. The minimum absolute atomic E-state index is 0.0604. The van der Waals surface area contributed by atoms with Crippen molar-refractivity contribution in [3.8, 4) is 5.69 Å². The van der Waals surface area contributed by atoms with Gasteiger partial charge in [0.15, 0.2) is 0 Å². The lowest BCUT2D eigenvalue weighted by atomic mass is 10.1. The highest BCUT2D eigenvalue weighted by Gasteiger charge is 2.24. The first-order valence-electron chi connectivity index (χ1n) is 10.2. The molecule has 0 radical (unpaired) electrons. The molecular weight excluding hydrogens is 394 g/mol. The van der Waals surface area contributed by atoms with Crippen LogP contribution in [0, 0.1) is 0 Å². The van der Waals surface area contributed by atoms with E-state index in [1.54, 1.807) is 24.5 Å². The predicted octanol–water partition coefficient (Wildman–Crippen LogP) is 1.86. The van der Waals surface area contributed by atoms with Gasteiger partial charge in [-0.15, -0.1) is 0 Å². The number of nitrogens with zero attached hydrogens (tertiary/aromatic N) is 6. The number of hydrogen-bond donors (Lipinski definition) is 1. The van der Waals surface area contributed by atoms with Gasteiger partial charge in [-0.2, -0.15) is 15.0 Å². The van der Waals surface area contributed by atoms with E-state index < -0.39 is 0 Å². The first-order chi connectivity index (χ1) is 15.2. The highest BCUT2D eigenvalue weighted by atomic mass is 16.2. The SMILES string of the molecule is O=C(c1ccccc1-n1nccn1)N1CCCN(c2nc3ccccc3c(=O)[nH]2)CC1. The number of rotatable bonds is 3. The van der Waals surface area contributed by atoms with Crippen LogP contribution < -0.4 is 10.5 Å². The number of amides is 1. The molecule has 9 nitrogen and oxygen atoms in total. The van der Waals surface area contributed by atoms with Gasteiger partial charge < -0.3 is 9.80 Å². The summed E-state index contributed by atoms with van der Waals surface area (Å²) in [6, 6.07) is 14.6. The summed E-state index contributed by atoms with van der Waals surface area (Å²) < 4.78 is 0. The molecule has 0 atom stereocenters. The van der Waals surface area contributed by atoms with Gasteiger partial charge in [0.2, 0.25) is 5.95 Å². The second-order valence-electron chi connectivity index (χ2n) is 7.38. The van der Waals surface area contributed by atoms with Gasteiger partial charge >= 0.3 is 0 Å². The Morgan fingerprint density at radius 1 is 0.903 bits per heavy atom. The smallest absolute Gasteiger partial charge is 0.260 e. The molecule has 4 aromatic rings. The molecule has 0 aliphatic carbocycles. The predicted molar refractivity (Wildman–Crippen MR) is 116 cm³/mol. The summed E-state index contributed by atoms with van der Waals surface area (Å²) in [6.07, 6.45) is 3.94. The molecule has 1 amide bonds. The van der Waals surface area contributed by atoms with Crippen molar-refractivity contribution in [1.82, 2.24) is 29.9 Å². The Labute approximate surface area is 177 Å². The Morgan fingerprint density at radius 2 is 1.68 bits per heavy atom. The number of anilines is 1. The fourth-order valence-electron chi connectivity index (χ4n) is 3.90. The zero-order valence-electron chi connectivity index (χ0n) is 16.8. The number of aromatic amines is 1. The molecule has 1 N–H and O–H groups in total. The Bertz CT molecular complexity index is 1280. The van der Waals surface area contributed by atoms with Crippen molar-refractivity contribution in [2.45, 2.75) is 6.42 Å². The van der Waals surface area contributed by atoms with Crippen LogP contribution in [0.4, 0.5) is 5.95 Å². The fourth-order valence-corrected chi connectivity index (χ4v) is 3.90. The molecule has 2 aromatic heterocycles. The third-order valence-corrected chi connectivity index (χ3v) is 5.45. The topological polar surface area (TPSA) is 100 Å². The van der Waals surface area contributed by atoms with E-state index in [1.165, 1.54) is 4.80 Å². The number of hydrogen-bond acceptors (Lipinski definition) is 6. The maximum Gasteiger partial charge on any atom is 0.260 e. The lowest BCUT2D eigenvalue weighted by Crippen LogP contribution is -2.36. The molecule has 1 saturated heterocycles. The first-order valence-corrected chi connectivity index (χ1v) is 10.2. The number of benzene rings is 2. The lowest BCUT2D eigenvalue weighted by Gasteiger charge is -2.23. The summed E-state index contributed by atoms with van der Waals surface area (Å²) in [4.78, 5) is 38.6. The number of carbonyl (C=O) groups is 1. The summed E-state index contributed by atoms with van der Waals surface area (Å²) >= 11 is 0. The molecular formula is C22H21N7O2. The van der Waals surface area contributed by atoms with E-state index in [0.29, 0.717) is 54.3 Å². The molecule has 2 aromatic carbocycles. The number of nitrogens with one attached hydrogen (secondary N) is 1. The lowest BCUT2D eigenvalue weighted by molar-refractivity contribution is 0.0766. The van der Waals surface area contributed by atoms with Gasteiger partial charge in [-0.05, 0) is 30.7 Å². The van der Waals surface area contributed by atoms with E-state index in [2.05, 4.69) is 20.2 Å². The van der Waals surface area contributed by atoms with Crippen molar-refractivity contribution in [3.05, 3.63) is 76.8 Å². The van der Waals surface area contributed by atoms with Crippen LogP contribution in [0.15, 0.2) is 65.7 Å². The van der Waals surface area contributed by atoms with Crippen LogP contribution in [0.2, 0.25) is 0 Å². The quantitative estimate of drug-likeness (QED) is 0.548. The van der Waals surface area contributed by atoms with Crippen LogP contribution >= 0.6 is 0 Å². The van der Waals surface area contributed by atoms with Crippen LogP contribution in [-0.2, 0) is 0 Å². The number of aromatic nitrogens is 5. The normalized spacial score (nSPS) is 14.6. The van der Waals surface area contributed by atoms with E-state index in [-0.39, 0.29) is 11.5 Å². The summed E-state index contributed by atoms with van der Waals surface area (Å²) in [6.45, 7) is 2.42. The van der Waals surface area contributed by atoms with E-state index in [4.69, 9.17) is 0 Å². The van der Waals surface area contributed by atoms with Crippen molar-refractivity contribution in [1.29, 1.82) is 0 Å². The maximum atomic E-state index is 13.3. The molecule has 31 heavy (non-hydrogen) atoms. The second kappa shape index (κ2) is 8.02. The summed E-state index contributed by atoms with van der Waals surface area (Å²) in [5.74, 6) is 0.480. The molecule has 0 spiro atoms. The van der Waals surface area contributed by atoms with E-state index in [1.807, 2.05) is 46.2 Å². The molecule has 1 fully saturated rings. The van der Waals surface area contributed by atoms with Crippen molar-refractivity contribution in [3.63, 3.8) is 0 Å². The van der Waals surface area contributed by atoms with E-state index >= 15 is 0 Å². The van der Waals surface area contributed by atoms with Crippen molar-refractivity contribution >= 4 is 22.8 Å². The van der Waals surface area contributed by atoms with Gasteiger partial charge in [-0.3, -0.25) is 14.6 Å². The minimum atomic E-state index is -0.154. The number of fused-ring (bicyclic) bond motifs is 1. The number of carbonyl (C=O) groups excluding carboxylic acids is 1. The van der Waals surface area contributed by atoms with E-state index in [9.17, 15) is 9.59 Å². The molecule has 9 heteroatoms. The average Bonchev–Trinajstić information content (AvgIpc) is 3.23. The van der Waals surface area contributed by atoms with Gasteiger partial charge in [0.25, 0.3) is 11.5 Å². The summed E-state index contributed by atoms with van der Waals surface area (Å²) in [7, 11) is 0. The van der Waals surface area contributed by atoms with E-state index in [0.717, 1.165) is 6.42 Å². The molecule has 0 bridgehead atoms. The van der Waals surface area contributed by atoms with Gasteiger partial charge in [0, 0.05) is 26.2 Å². The molecule has 156 valence electrons. The monoisotopic (exact) mass is 415 g/mol. The average molecular weight is 415 g/mol. The zero-order valence-corrected chi connectivity index (χ0v) is 16.8. The standard InChI is InChI=1S/C22H21N7O2/c30-20-16-6-1-3-8-18(16)25-22(26-20)28-13-5-12-27(14-15-28)21(31)17-7-2-4-9-19(17)29-23-10-11-24-29/h1-4,6-11H,5,12-15H2,(H,25,26,30). The van der Waals surface area contributed by atoms with Crippen LogP contribution in [0.5, 0.6) is 0 Å². The van der Waals surface area contributed by atoms with Crippen LogP contribution in [0.1, 0.15) is 16.8 Å². The van der Waals surface area contributed by atoms with Crippen molar-refractivity contribution < 1.29 is 4.79 Å². The van der Waals surface area contributed by atoms with Gasteiger partial charge in [0.05, 0.1) is 34.5 Å². The van der Waals surface area contributed by atoms with Crippen LogP contribution in [-0.4, -0.2) is 61.9 Å². The maximum absolute atomic E-state index is 13.3. The van der Waals surface area contributed by atoms with Crippen molar-refractivity contribution in [2.24, 2.45) is 0 Å². The fraction of sp³-hybridized carbons (Fsp3) is 0.227. The third-order valence-electron chi connectivity index (χ3n) is 5.45. The Morgan fingerprint density at radius 3 is 2.55 bits per heavy atom. The first kappa shape index (κ1) is 19.0. The molecule has 0 saturated carbocycles. The Balaban J connectivity index is 1.37. The highest BCUT2D eigenvalue weighted by Crippen LogP contribution is 2.18. The van der Waals surface area contributed by atoms with Crippen LogP contribution in [0.25, 0.3) is 16.6 Å². The molecule has 0 unspecified atom stereocenters. The third kappa shape index (κ3) is 3.65. The van der Waals surface area contributed by atoms with Gasteiger partial charge in [-0.25, -0.2) is 4.98 Å². The minimum Gasteiger partial charge on any atom is -0.340 e. The molecule has 5 rings (SSSR count). The largest absolute Gasteiger partial charge is 0.340 e.